The van der Waals surface area contributed by atoms with Crippen molar-refractivity contribution in [1.82, 2.24) is 48.4 Å². The number of ether oxygens (including phenoxy) is 1. The van der Waals surface area contributed by atoms with Gasteiger partial charge in [-0.05, 0) is 83.1 Å². The van der Waals surface area contributed by atoms with Crippen LogP contribution < -0.4 is 17.1 Å². The summed E-state index contributed by atoms with van der Waals surface area (Å²) in [5.74, 6) is -0.995. The number of H-pyrrole nitrogens is 1. The predicted molar refractivity (Wildman–Crippen MR) is 221 cm³/mol. The Kier molecular flexibility index (Phi) is 16.2. The summed E-state index contributed by atoms with van der Waals surface area (Å²) in [4.78, 5) is 56.0. The van der Waals surface area contributed by atoms with E-state index in [2.05, 4.69) is 41.2 Å². The van der Waals surface area contributed by atoms with Crippen LogP contribution in [0.25, 0.3) is 0 Å². The van der Waals surface area contributed by atoms with Gasteiger partial charge in [-0.15, -0.1) is 0 Å². The van der Waals surface area contributed by atoms with Crippen LogP contribution in [0.3, 0.4) is 0 Å². The van der Waals surface area contributed by atoms with Crippen molar-refractivity contribution in [2.45, 2.75) is 154 Å². The second-order valence-corrected chi connectivity index (χ2v) is 16.5. The fraction of sp³-hybridized carbons (Fsp3) is 0.650. The number of aromatic nitrogens is 9. The number of halogens is 2. The number of aromatic amines is 1. The molecule has 60 heavy (non-hydrogen) atoms. The average Bonchev–Trinajstić information content (AvgIpc) is 3.97. The van der Waals surface area contributed by atoms with Gasteiger partial charge in [0.05, 0.1) is 12.7 Å². The molecule has 8 heterocycles. The van der Waals surface area contributed by atoms with Crippen molar-refractivity contribution in [3.05, 3.63) is 84.6 Å². The summed E-state index contributed by atoms with van der Waals surface area (Å²) in [6.45, 7) is 5.28. The Balaban J connectivity index is 0.000000165. The second-order valence-electron chi connectivity index (χ2n) is 15.7. The number of carboxylic acids is 2. The third-order valence-corrected chi connectivity index (χ3v) is 12.2. The number of carboxylic acid groups (broad SMARTS) is 2. The number of hydrogen-bond donors (Lipinski definition) is 3. The molecule has 2 saturated heterocycles. The SMILES string of the molecule is O=C(O)C(=O)O.O=c1[nH]nc2n1CCCC2.O=c1n(CCCBr)nc2n1CCCC2.O=c1n(CCCN2C3CCC2CC(OCc2ccccc2F)C3)nc2n1CCCC2. The molecule has 3 N–H and O–H groups in total. The molecule has 1 aromatic carbocycles. The first kappa shape index (κ1) is 44.9. The monoisotopic (exact) mass is 902 g/mol. The largest absolute Gasteiger partial charge is 0.473 e. The number of fused-ring (bicyclic) bond motifs is 5. The van der Waals surface area contributed by atoms with Crippen LogP contribution in [0.4, 0.5) is 4.39 Å². The molecule has 0 radical (unpaired) electrons. The maximum Gasteiger partial charge on any atom is 0.414 e. The first-order chi connectivity index (χ1) is 29.0. The molecule has 5 aliphatic heterocycles. The van der Waals surface area contributed by atoms with Gasteiger partial charge in [-0.2, -0.15) is 15.3 Å². The van der Waals surface area contributed by atoms with Crippen LogP contribution in [0.15, 0.2) is 38.6 Å². The maximum absolute atomic E-state index is 13.8. The highest BCUT2D eigenvalue weighted by Crippen LogP contribution is 2.37. The van der Waals surface area contributed by atoms with Crippen molar-refractivity contribution < 1.29 is 28.9 Å². The molecule has 2 bridgehead atoms. The topological polar surface area (TPSA) is 217 Å². The molecule has 0 amide bonds. The number of rotatable bonds is 10. The zero-order valence-electron chi connectivity index (χ0n) is 33.9. The molecule has 18 nitrogen and oxygen atoms in total. The Morgan fingerprint density at radius 2 is 1.28 bits per heavy atom. The fourth-order valence-electron chi connectivity index (χ4n) is 8.67. The number of piperidine rings is 1. The van der Waals surface area contributed by atoms with Crippen LogP contribution in [0, 0.1) is 5.82 Å². The van der Waals surface area contributed by atoms with Crippen LogP contribution in [-0.4, -0.2) is 101 Å². The van der Waals surface area contributed by atoms with Gasteiger partial charge < -0.3 is 14.9 Å². The Labute approximate surface area is 354 Å². The van der Waals surface area contributed by atoms with Gasteiger partial charge >= 0.3 is 29.0 Å². The second kappa shape index (κ2) is 21.7. The molecule has 3 aromatic heterocycles. The predicted octanol–water partition coefficient (Wildman–Crippen LogP) is 3.35. The molecule has 0 spiro atoms. The van der Waals surface area contributed by atoms with E-state index >= 15 is 0 Å². The lowest BCUT2D eigenvalue weighted by Gasteiger charge is -2.38. The zero-order valence-corrected chi connectivity index (χ0v) is 35.5. The van der Waals surface area contributed by atoms with Crippen molar-refractivity contribution in [2.24, 2.45) is 0 Å². The highest BCUT2D eigenvalue weighted by atomic mass is 79.9. The Bertz CT molecular complexity index is 2200. The van der Waals surface area contributed by atoms with Crippen LogP contribution in [0.1, 0.15) is 100 Å². The lowest BCUT2D eigenvalue weighted by molar-refractivity contribution is -0.159. The van der Waals surface area contributed by atoms with Gasteiger partial charge in [0.25, 0.3) is 0 Å². The Morgan fingerprint density at radius 3 is 1.80 bits per heavy atom. The van der Waals surface area contributed by atoms with E-state index in [9.17, 15) is 18.8 Å². The van der Waals surface area contributed by atoms with Gasteiger partial charge in [0.1, 0.15) is 23.3 Å². The average molecular weight is 904 g/mol. The molecule has 9 rings (SSSR count). The fourth-order valence-corrected chi connectivity index (χ4v) is 8.92. The summed E-state index contributed by atoms with van der Waals surface area (Å²) in [6.07, 6.45) is 16.1. The molecule has 2 fully saturated rings. The molecule has 2 atom stereocenters. The third-order valence-electron chi connectivity index (χ3n) is 11.7. The van der Waals surface area contributed by atoms with Gasteiger partial charge in [0.2, 0.25) is 0 Å². The number of nitrogens with zero attached hydrogens (tertiary/aromatic N) is 9. The number of carbonyl (C=O) groups is 2. The van der Waals surface area contributed by atoms with Crippen LogP contribution in [0.2, 0.25) is 0 Å². The minimum Gasteiger partial charge on any atom is -0.473 e. The zero-order chi connectivity index (χ0) is 42.6. The maximum atomic E-state index is 13.8. The van der Waals surface area contributed by atoms with Crippen molar-refractivity contribution in [2.75, 3.05) is 11.9 Å². The standard InChI is InChI=1S/C23H31FN4O2.C9H14BrN3O.C6H9N3O.C2H2O4/c24-21-7-2-1-6-17(21)16-30-20-14-18-9-10-19(15-20)26(18)12-5-13-28-23(29)27-11-4-3-8-22(27)25-28;10-5-3-7-13-9(14)12-6-2-1-4-8(12)11-13;10-6-8-7-5-3-1-2-4-9(5)6;3-1(4)2(5)6/h1-2,6-7,18-20H,3-5,8-16H2;1-7H2;1-4H2,(H,8,10);(H,3,4)(H,5,6). The summed E-state index contributed by atoms with van der Waals surface area (Å²) in [5.41, 5.74) is 0.712. The molecule has 0 aliphatic carbocycles. The number of aryl methyl sites for hydroxylation is 5. The smallest absolute Gasteiger partial charge is 0.414 e. The van der Waals surface area contributed by atoms with E-state index in [0.717, 1.165) is 139 Å². The lowest BCUT2D eigenvalue weighted by atomic mass is 9.99. The molecule has 2 unspecified atom stereocenters. The molecule has 0 saturated carbocycles. The minimum atomic E-state index is -1.82. The van der Waals surface area contributed by atoms with Crippen molar-refractivity contribution in [1.29, 1.82) is 0 Å². The highest BCUT2D eigenvalue weighted by Gasteiger charge is 2.40. The van der Waals surface area contributed by atoms with E-state index in [1.807, 2.05) is 15.2 Å². The van der Waals surface area contributed by atoms with E-state index in [-0.39, 0.29) is 29.0 Å². The molecular weight excluding hydrogens is 847 g/mol. The Hall–Kier alpha value is -4.69. The molecule has 20 heteroatoms. The van der Waals surface area contributed by atoms with Crippen LogP contribution in [0.5, 0.6) is 0 Å². The lowest BCUT2D eigenvalue weighted by Crippen LogP contribution is -2.46. The van der Waals surface area contributed by atoms with Gasteiger partial charge in [0.15, 0.2) is 0 Å². The molecule has 4 aromatic rings. The molecule has 328 valence electrons. The van der Waals surface area contributed by atoms with Gasteiger partial charge in [-0.25, -0.2) is 42.8 Å². The quantitative estimate of drug-likeness (QED) is 0.154. The van der Waals surface area contributed by atoms with E-state index in [0.29, 0.717) is 30.8 Å². The van der Waals surface area contributed by atoms with Crippen molar-refractivity contribution >= 4 is 27.9 Å². The van der Waals surface area contributed by atoms with Crippen LogP contribution in [-0.2, 0) is 72.9 Å². The van der Waals surface area contributed by atoms with E-state index in [1.165, 1.54) is 18.9 Å². The van der Waals surface area contributed by atoms with Crippen molar-refractivity contribution in [3.8, 4) is 0 Å². The number of benzene rings is 1. The van der Waals surface area contributed by atoms with Gasteiger partial charge in [-0.3, -0.25) is 18.6 Å². The van der Waals surface area contributed by atoms with Crippen LogP contribution >= 0.6 is 15.9 Å². The summed E-state index contributed by atoms with van der Waals surface area (Å²) < 4.78 is 28.6. The van der Waals surface area contributed by atoms with E-state index in [1.54, 1.807) is 26.1 Å². The van der Waals surface area contributed by atoms with Gasteiger partial charge in [0, 0.05) is 81.5 Å². The number of alkyl halides is 1. The highest BCUT2D eigenvalue weighted by molar-refractivity contribution is 9.09. The summed E-state index contributed by atoms with van der Waals surface area (Å²) in [7, 11) is 0. The minimum absolute atomic E-state index is 0.0605. The summed E-state index contributed by atoms with van der Waals surface area (Å²) in [6, 6.07) is 7.95. The summed E-state index contributed by atoms with van der Waals surface area (Å²) >= 11 is 3.35. The summed E-state index contributed by atoms with van der Waals surface area (Å²) in [5, 5.41) is 30.9. The first-order valence-electron chi connectivity index (χ1n) is 21.1. The molecule has 5 aliphatic rings. The third kappa shape index (κ3) is 11.6. The van der Waals surface area contributed by atoms with Crippen molar-refractivity contribution in [3.63, 3.8) is 0 Å². The number of aliphatic carboxylic acids is 2. The Morgan fingerprint density at radius 1 is 0.750 bits per heavy atom. The van der Waals surface area contributed by atoms with Gasteiger partial charge in [-0.1, -0.05) is 34.1 Å². The number of hydrogen-bond acceptors (Lipinski definition) is 10. The molecular formula is C40H56BrFN10O8. The first-order valence-corrected chi connectivity index (χ1v) is 22.3. The van der Waals surface area contributed by atoms with E-state index < -0.39 is 11.9 Å². The van der Waals surface area contributed by atoms with E-state index in [4.69, 9.17) is 24.5 Å². The normalized spacial score (nSPS) is 20.2. The number of nitrogens with one attached hydrogen (secondary N) is 1.